The Morgan fingerprint density at radius 2 is 1.95 bits per heavy atom. The SMILES string of the molecule is CC(NC(=O)N1CCCC(O)C1)c1ccc(C(C)(C)C)cc1. The van der Waals surface area contributed by atoms with Gasteiger partial charge in [-0.1, -0.05) is 45.0 Å². The lowest BCUT2D eigenvalue weighted by atomic mass is 9.86. The van der Waals surface area contributed by atoms with Gasteiger partial charge in [-0.05, 0) is 36.3 Å². The molecule has 0 bridgehead atoms. The Balaban J connectivity index is 1.96. The number of urea groups is 1. The number of aliphatic hydroxyl groups is 1. The molecule has 2 N–H and O–H groups in total. The smallest absolute Gasteiger partial charge is 0.317 e. The van der Waals surface area contributed by atoms with E-state index in [2.05, 4.69) is 50.4 Å². The van der Waals surface area contributed by atoms with Gasteiger partial charge in [0.2, 0.25) is 0 Å². The van der Waals surface area contributed by atoms with Crippen molar-refractivity contribution >= 4 is 6.03 Å². The molecule has 2 amide bonds. The lowest BCUT2D eigenvalue weighted by Crippen LogP contribution is -2.47. The van der Waals surface area contributed by atoms with Gasteiger partial charge in [0, 0.05) is 13.1 Å². The minimum atomic E-state index is -0.388. The van der Waals surface area contributed by atoms with E-state index in [0.29, 0.717) is 6.54 Å². The second-order valence-electron chi connectivity index (χ2n) is 7.29. The molecular formula is C18H28N2O2. The van der Waals surface area contributed by atoms with Gasteiger partial charge in [-0.2, -0.15) is 0 Å². The zero-order valence-corrected chi connectivity index (χ0v) is 14.1. The maximum Gasteiger partial charge on any atom is 0.317 e. The average molecular weight is 304 g/mol. The monoisotopic (exact) mass is 304 g/mol. The number of amides is 2. The first-order valence-corrected chi connectivity index (χ1v) is 8.11. The van der Waals surface area contributed by atoms with E-state index in [1.807, 2.05) is 6.92 Å². The Hall–Kier alpha value is -1.55. The average Bonchev–Trinajstić information content (AvgIpc) is 2.46. The second-order valence-corrected chi connectivity index (χ2v) is 7.29. The molecule has 1 saturated heterocycles. The third-order valence-corrected chi connectivity index (χ3v) is 4.30. The normalized spacial score (nSPS) is 20.6. The third-order valence-electron chi connectivity index (χ3n) is 4.30. The van der Waals surface area contributed by atoms with Crippen LogP contribution in [0.15, 0.2) is 24.3 Å². The highest BCUT2D eigenvalue weighted by Crippen LogP contribution is 2.24. The number of rotatable bonds is 2. The fraction of sp³-hybridized carbons (Fsp3) is 0.611. The van der Waals surface area contributed by atoms with Crippen LogP contribution in [0.4, 0.5) is 4.79 Å². The van der Waals surface area contributed by atoms with Crippen LogP contribution in [0, 0.1) is 0 Å². The highest BCUT2D eigenvalue weighted by Gasteiger charge is 2.23. The molecular weight excluding hydrogens is 276 g/mol. The summed E-state index contributed by atoms with van der Waals surface area (Å²) >= 11 is 0. The number of nitrogens with one attached hydrogen (secondary N) is 1. The summed E-state index contributed by atoms with van der Waals surface area (Å²) in [7, 11) is 0. The number of hydrogen-bond acceptors (Lipinski definition) is 2. The van der Waals surface area contributed by atoms with Gasteiger partial charge in [-0.3, -0.25) is 0 Å². The Kier molecular flexibility index (Phi) is 5.12. The predicted octanol–water partition coefficient (Wildman–Crippen LogP) is 3.21. The van der Waals surface area contributed by atoms with Crippen molar-refractivity contribution in [2.45, 2.75) is 58.1 Å². The molecule has 0 radical (unpaired) electrons. The summed E-state index contributed by atoms with van der Waals surface area (Å²) in [5.41, 5.74) is 2.52. The molecule has 0 aliphatic carbocycles. The lowest BCUT2D eigenvalue weighted by molar-refractivity contribution is 0.0835. The molecule has 4 nitrogen and oxygen atoms in total. The van der Waals surface area contributed by atoms with E-state index >= 15 is 0 Å². The molecule has 1 aliphatic rings. The van der Waals surface area contributed by atoms with E-state index in [1.54, 1.807) is 4.90 Å². The van der Waals surface area contributed by atoms with Gasteiger partial charge in [-0.25, -0.2) is 4.79 Å². The summed E-state index contributed by atoms with van der Waals surface area (Å²) in [6.45, 7) is 9.71. The Morgan fingerprint density at radius 1 is 1.32 bits per heavy atom. The van der Waals surface area contributed by atoms with Crippen molar-refractivity contribution in [2.24, 2.45) is 0 Å². The van der Waals surface area contributed by atoms with Crippen LogP contribution >= 0.6 is 0 Å². The Labute approximate surface area is 133 Å². The van der Waals surface area contributed by atoms with E-state index in [1.165, 1.54) is 5.56 Å². The molecule has 4 heteroatoms. The van der Waals surface area contributed by atoms with Gasteiger partial charge in [0.15, 0.2) is 0 Å². The number of nitrogens with zero attached hydrogens (tertiary/aromatic N) is 1. The van der Waals surface area contributed by atoms with Crippen molar-refractivity contribution in [3.05, 3.63) is 35.4 Å². The van der Waals surface area contributed by atoms with Crippen LogP contribution in [0.2, 0.25) is 0 Å². The van der Waals surface area contributed by atoms with Crippen molar-refractivity contribution in [2.75, 3.05) is 13.1 Å². The fourth-order valence-corrected chi connectivity index (χ4v) is 2.77. The standard InChI is InChI=1S/C18H28N2O2/c1-13(14-7-9-15(10-8-14)18(2,3)4)19-17(22)20-11-5-6-16(21)12-20/h7-10,13,16,21H,5-6,11-12H2,1-4H3,(H,19,22). The maximum atomic E-state index is 12.3. The molecule has 2 unspecified atom stereocenters. The Bertz CT molecular complexity index is 505. The molecule has 2 atom stereocenters. The summed E-state index contributed by atoms with van der Waals surface area (Å²) in [6, 6.07) is 8.28. The number of carbonyl (C=O) groups excluding carboxylic acids is 1. The largest absolute Gasteiger partial charge is 0.391 e. The van der Waals surface area contributed by atoms with Crippen LogP contribution in [-0.4, -0.2) is 35.2 Å². The van der Waals surface area contributed by atoms with Crippen LogP contribution in [0.3, 0.4) is 0 Å². The third kappa shape index (κ3) is 4.23. The van der Waals surface area contributed by atoms with Gasteiger partial charge < -0.3 is 15.3 Å². The number of benzene rings is 1. The number of hydrogen-bond donors (Lipinski definition) is 2. The number of likely N-dealkylation sites (tertiary alicyclic amines) is 1. The first kappa shape index (κ1) is 16.8. The van der Waals surface area contributed by atoms with E-state index in [0.717, 1.165) is 24.9 Å². The molecule has 0 spiro atoms. The van der Waals surface area contributed by atoms with Gasteiger partial charge in [-0.15, -0.1) is 0 Å². The first-order valence-electron chi connectivity index (χ1n) is 8.11. The Morgan fingerprint density at radius 3 is 2.50 bits per heavy atom. The van der Waals surface area contributed by atoms with E-state index in [-0.39, 0.29) is 23.6 Å². The van der Waals surface area contributed by atoms with Crippen molar-refractivity contribution in [3.63, 3.8) is 0 Å². The van der Waals surface area contributed by atoms with E-state index in [4.69, 9.17) is 0 Å². The minimum Gasteiger partial charge on any atom is -0.391 e. The van der Waals surface area contributed by atoms with Crippen LogP contribution < -0.4 is 5.32 Å². The summed E-state index contributed by atoms with van der Waals surface area (Å²) in [4.78, 5) is 14.0. The molecule has 122 valence electrons. The van der Waals surface area contributed by atoms with Crippen LogP contribution in [0.1, 0.15) is 57.7 Å². The van der Waals surface area contributed by atoms with Crippen molar-refractivity contribution in [3.8, 4) is 0 Å². The molecule has 22 heavy (non-hydrogen) atoms. The van der Waals surface area contributed by atoms with E-state index < -0.39 is 0 Å². The maximum absolute atomic E-state index is 12.3. The molecule has 0 saturated carbocycles. The number of β-amino-alcohol motifs (C(OH)–C–C–N with tert-alkyl or cyclic N) is 1. The summed E-state index contributed by atoms with van der Waals surface area (Å²) < 4.78 is 0. The molecule has 1 aliphatic heterocycles. The van der Waals surface area contributed by atoms with E-state index in [9.17, 15) is 9.90 Å². The zero-order valence-electron chi connectivity index (χ0n) is 14.1. The van der Waals surface area contributed by atoms with Crippen molar-refractivity contribution in [1.82, 2.24) is 10.2 Å². The van der Waals surface area contributed by atoms with Crippen LogP contribution in [-0.2, 0) is 5.41 Å². The van der Waals surface area contributed by atoms with Crippen molar-refractivity contribution < 1.29 is 9.90 Å². The molecule has 1 aromatic rings. The van der Waals surface area contributed by atoms with Gasteiger partial charge >= 0.3 is 6.03 Å². The predicted molar refractivity (Wildman–Crippen MR) is 88.9 cm³/mol. The molecule has 1 heterocycles. The summed E-state index contributed by atoms with van der Waals surface area (Å²) in [5, 5.41) is 12.7. The quantitative estimate of drug-likeness (QED) is 0.881. The highest BCUT2D eigenvalue weighted by molar-refractivity contribution is 5.74. The summed E-state index contributed by atoms with van der Waals surface area (Å²) in [5.74, 6) is 0. The second kappa shape index (κ2) is 6.69. The van der Waals surface area contributed by atoms with Gasteiger partial charge in [0.25, 0.3) is 0 Å². The van der Waals surface area contributed by atoms with Crippen LogP contribution in [0.25, 0.3) is 0 Å². The topological polar surface area (TPSA) is 52.6 Å². The molecule has 1 aromatic carbocycles. The first-order chi connectivity index (χ1) is 10.3. The minimum absolute atomic E-state index is 0.0411. The highest BCUT2D eigenvalue weighted by atomic mass is 16.3. The summed E-state index contributed by atoms with van der Waals surface area (Å²) in [6.07, 6.45) is 1.26. The van der Waals surface area contributed by atoms with Gasteiger partial charge in [0.1, 0.15) is 0 Å². The molecule has 0 aromatic heterocycles. The van der Waals surface area contributed by atoms with Crippen molar-refractivity contribution in [1.29, 1.82) is 0 Å². The lowest BCUT2D eigenvalue weighted by Gasteiger charge is -2.31. The van der Waals surface area contributed by atoms with Gasteiger partial charge in [0.05, 0.1) is 12.1 Å². The number of aliphatic hydroxyl groups excluding tert-OH is 1. The van der Waals surface area contributed by atoms with Crippen LogP contribution in [0.5, 0.6) is 0 Å². The molecule has 2 rings (SSSR count). The molecule has 1 fully saturated rings. The number of carbonyl (C=O) groups is 1. The number of piperidine rings is 1. The zero-order chi connectivity index (χ0) is 16.3. The fourth-order valence-electron chi connectivity index (χ4n) is 2.77.